The molecular weight excluding hydrogens is 222 g/mol. The van der Waals surface area contributed by atoms with E-state index < -0.39 is 5.97 Å². The van der Waals surface area contributed by atoms with Crippen molar-refractivity contribution in [1.29, 1.82) is 0 Å². The number of aromatic carboxylic acids is 1. The van der Waals surface area contributed by atoms with Gasteiger partial charge in [0.2, 0.25) is 5.89 Å². The molecule has 1 aliphatic heterocycles. The predicted molar refractivity (Wildman–Crippen MR) is 49.5 cm³/mol. The Hall–Kier alpha value is -1.57. The number of hydrogen-bond donors (Lipinski definition) is 1. The van der Waals surface area contributed by atoms with Crippen LogP contribution in [0.1, 0.15) is 16.5 Å². The van der Waals surface area contributed by atoms with Gasteiger partial charge >= 0.3 is 5.97 Å². The molecule has 8 heteroatoms. The van der Waals surface area contributed by atoms with E-state index in [1.807, 2.05) is 0 Å². The average Bonchev–Trinajstić information content (AvgIpc) is 2.77. The highest BCUT2D eigenvalue weighted by atomic mass is 32.2. The highest BCUT2D eigenvalue weighted by Crippen LogP contribution is 2.19. The third-order valence-electron chi connectivity index (χ3n) is 1.83. The Morgan fingerprint density at radius 3 is 3.00 bits per heavy atom. The van der Waals surface area contributed by atoms with E-state index in [9.17, 15) is 9.59 Å². The summed E-state index contributed by atoms with van der Waals surface area (Å²) in [5, 5.41) is 11.7. The fourth-order valence-electron chi connectivity index (χ4n) is 1.14. The van der Waals surface area contributed by atoms with Crippen molar-refractivity contribution in [2.24, 2.45) is 0 Å². The van der Waals surface area contributed by atoms with Gasteiger partial charge in [-0.15, -0.1) is 0 Å². The number of carbonyl (C=O) groups is 2. The standard InChI is InChI=1S/C7H7N3O4S/c11-6(12)5-8-4(14-9-5)3-10-1-2-15-7(10)13/h1-3H2,(H,11,12). The molecule has 0 saturated carbocycles. The molecule has 15 heavy (non-hydrogen) atoms. The normalized spacial score (nSPS) is 16.0. The second-order valence-electron chi connectivity index (χ2n) is 2.85. The molecule has 0 radical (unpaired) electrons. The van der Waals surface area contributed by atoms with Crippen molar-refractivity contribution >= 4 is 23.0 Å². The Bertz CT molecular complexity index is 405. The minimum Gasteiger partial charge on any atom is -0.475 e. The summed E-state index contributed by atoms with van der Waals surface area (Å²) < 4.78 is 4.69. The number of hydrogen-bond acceptors (Lipinski definition) is 6. The summed E-state index contributed by atoms with van der Waals surface area (Å²) in [7, 11) is 0. The Morgan fingerprint density at radius 1 is 1.67 bits per heavy atom. The SMILES string of the molecule is O=C(O)c1noc(CN2CCSC2=O)n1. The van der Waals surface area contributed by atoms with E-state index in [-0.39, 0.29) is 23.5 Å². The van der Waals surface area contributed by atoms with E-state index in [1.54, 1.807) is 0 Å². The van der Waals surface area contributed by atoms with Crippen LogP contribution in [0.15, 0.2) is 4.52 Å². The van der Waals surface area contributed by atoms with Crippen molar-refractivity contribution in [3.8, 4) is 0 Å². The smallest absolute Gasteiger partial charge is 0.377 e. The van der Waals surface area contributed by atoms with Gasteiger partial charge in [0.05, 0.1) is 0 Å². The first-order chi connectivity index (χ1) is 7.16. The molecule has 0 spiro atoms. The lowest BCUT2D eigenvalue weighted by Crippen LogP contribution is -2.22. The first-order valence-electron chi connectivity index (χ1n) is 4.14. The molecule has 1 amide bonds. The summed E-state index contributed by atoms with van der Waals surface area (Å²) in [6.45, 7) is 0.792. The second kappa shape index (κ2) is 3.89. The van der Waals surface area contributed by atoms with Crippen LogP contribution in [0.25, 0.3) is 0 Å². The van der Waals surface area contributed by atoms with Crippen LogP contribution in [0.2, 0.25) is 0 Å². The minimum absolute atomic E-state index is 0.0509. The van der Waals surface area contributed by atoms with Gasteiger partial charge in [-0.05, 0) is 5.16 Å². The third-order valence-corrected chi connectivity index (χ3v) is 2.72. The number of carboxylic acid groups (broad SMARTS) is 1. The molecule has 2 heterocycles. The summed E-state index contributed by atoms with van der Waals surface area (Å²) >= 11 is 1.22. The average molecular weight is 229 g/mol. The van der Waals surface area contributed by atoms with Crippen LogP contribution in [-0.4, -0.2) is 43.7 Å². The fraction of sp³-hybridized carbons (Fsp3) is 0.429. The van der Waals surface area contributed by atoms with Gasteiger partial charge in [-0.3, -0.25) is 4.79 Å². The number of nitrogens with zero attached hydrogens (tertiary/aromatic N) is 3. The van der Waals surface area contributed by atoms with Gasteiger partial charge < -0.3 is 14.5 Å². The molecule has 1 N–H and O–H groups in total. The van der Waals surface area contributed by atoms with Crippen LogP contribution in [0.5, 0.6) is 0 Å². The molecule has 0 aliphatic carbocycles. The molecule has 1 saturated heterocycles. The molecule has 7 nitrogen and oxygen atoms in total. The molecule has 0 unspecified atom stereocenters. The van der Waals surface area contributed by atoms with E-state index in [0.29, 0.717) is 6.54 Å². The summed E-state index contributed by atoms with van der Waals surface area (Å²) in [5.41, 5.74) is 0. The minimum atomic E-state index is -1.24. The molecule has 1 fully saturated rings. The van der Waals surface area contributed by atoms with Crippen LogP contribution in [0.4, 0.5) is 4.79 Å². The number of carbonyl (C=O) groups excluding carboxylic acids is 1. The van der Waals surface area contributed by atoms with Gasteiger partial charge in [0.25, 0.3) is 11.1 Å². The number of thioether (sulfide) groups is 1. The van der Waals surface area contributed by atoms with Gasteiger partial charge in [-0.2, -0.15) is 4.98 Å². The zero-order chi connectivity index (χ0) is 10.8. The van der Waals surface area contributed by atoms with Gasteiger partial charge in [0.1, 0.15) is 6.54 Å². The summed E-state index contributed by atoms with van der Waals surface area (Å²) in [4.78, 5) is 26.8. The van der Waals surface area contributed by atoms with Crippen molar-refractivity contribution in [2.45, 2.75) is 6.54 Å². The number of rotatable bonds is 3. The first kappa shape index (κ1) is 9.97. The fourth-order valence-corrected chi connectivity index (χ4v) is 1.96. The quantitative estimate of drug-likeness (QED) is 0.802. The first-order valence-corrected chi connectivity index (χ1v) is 5.13. The van der Waals surface area contributed by atoms with Crippen LogP contribution >= 0.6 is 11.8 Å². The topological polar surface area (TPSA) is 96.5 Å². The Morgan fingerprint density at radius 2 is 2.47 bits per heavy atom. The van der Waals surface area contributed by atoms with Crippen LogP contribution in [-0.2, 0) is 6.54 Å². The maximum absolute atomic E-state index is 11.2. The van der Waals surface area contributed by atoms with E-state index in [4.69, 9.17) is 9.63 Å². The zero-order valence-corrected chi connectivity index (χ0v) is 8.36. The van der Waals surface area contributed by atoms with Crippen molar-refractivity contribution in [3.63, 3.8) is 0 Å². The van der Waals surface area contributed by atoms with Gasteiger partial charge in [-0.25, -0.2) is 4.79 Å². The Balaban J connectivity index is 2.04. The molecular formula is C7H7N3O4S. The number of amides is 1. The van der Waals surface area contributed by atoms with E-state index in [1.165, 1.54) is 16.7 Å². The molecule has 0 atom stereocenters. The second-order valence-corrected chi connectivity index (χ2v) is 3.90. The van der Waals surface area contributed by atoms with E-state index >= 15 is 0 Å². The lowest BCUT2D eigenvalue weighted by molar-refractivity contribution is 0.0680. The van der Waals surface area contributed by atoms with E-state index in [0.717, 1.165) is 5.75 Å². The highest BCUT2D eigenvalue weighted by Gasteiger charge is 2.24. The summed E-state index contributed by atoms with van der Waals surface area (Å²) in [6, 6.07) is 0. The van der Waals surface area contributed by atoms with Crippen LogP contribution in [0, 0.1) is 0 Å². The number of aromatic nitrogens is 2. The van der Waals surface area contributed by atoms with Gasteiger partial charge in [0, 0.05) is 12.3 Å². The summed E-state index contributed by atoms with van der Waals surface area (Å²) in [5.74, 6) is -0.752. The summed E-state index contributed by atoms with van der Waals surface area (Å²) in [6.07, 6.45) is 0. The van der Waals surface area contributed by atoms with Gasteiger partial charge in [-0.1, -0.05) is 11.8 Å². The maximum atomic E-state index is 11.2. The Labute approximate surface area is 88.4 Å². The molecule has 0 bridgehead atoms. The van der Waals surface area contributed by atoms with Crippen LogP contribution in [0.3, 0.4) is 0 Å². The predicted octanol–water partition coefficient (Wildman–Crippen LogP) is 0.437. The van der Waals surface area contributed by atoms with Crippen LogP contribution < -0.4 is 0 Å². The lowest BCUT2D eigenvalue weighted by atomic mass is 10.5. The monoisotopic (exact) mass is 229 g/mol. The lowest BCUT2D eigenvalue weighted by Gasteiger charge is -2.09. The van der Waals surface area contributed by atoms with Crippen molar-refractivity contribution in [2.75, 3.05) is 12.3 Å². The van der Waals surface area contributed by atoms with Crippen molar-refractivity contribution in [3.05, 3.63) is 11.7 Å². The molecule has 1 aliphatic rings. The molecule has 1 aromatic rings. The van der Waals surface area contributed by atoms with E-state index in [2.05, 4.69) is 10.1 Å². The largest absolute Gasteiger partial charge is 0.475 e. The van der Waals surface area contributed by atoms with Crippen molar-refractivity contribution < 1.29 is 19.2 Å². The molecule has 2 rings (SSSR count). The highest BCUT2D eigenvalue weighted by molar-refractivity contribution is 8.13. The zero-order valence-electron chi connectivity index (χ0n) is 7.54. The third kappa shape index (κ3) is 2.09. The molecule has 80 valence electrons. The Kier molecular flexibility index (Phi) is 2.58. The van der Waals surface area contributed by atoms with Gasteiger partial charge in [0.15, 0.2) is 0 Å². The molecule has 0 aromatic carbocycles. The maximum Gasteiger partial charge on any atom is 0.377 e. The number of carboxylic acids is 1. The van der Waals surface area contributed by atoms with Crippen molar-refractivity contribution in [1.82, 2.24) is 15.0 Å². The molecule has 1 aromatic heterocycles.